The zero-order valence-electron chi connectivity index (χ0n) is 22.2. The van der Waals surface area contributed by atoms with Crippen LogP contribution in [-0.4, -0.2) is 50.3 Å². The van der Waals surface area contributed by atoms with E-state index in [-0.39, 0.29) is 34.1 Å². The van der Waals surface area contributed by atoms with Crippen molar-refractivity contribution in [3.8, 4) is 0 Å². The van der Waals surface area contributed by atoms with Gasteiger partial charge in [0, 0.05) is 17.6 Å². The van der Waals surface area contributed by atoms with Gasteiger partial charge in [0.2, 0.25) is 11.8 Å². The zero-order chi connectivity index (χ0) is 28.6. The molecule has 0 bridgehead atoms. The van der Waals surface area contributed by atoms with E-state index in [1.165, 1.54) is 35.2 Å². The molecule has 3 aromatic carbocycles. The summed E-state index contributed by atoms with van der Waals surface area (Å²) in [6.07, 6.45) is 1.22. The average molecular weight is 591 g/mol. The second-order valence-electron chi connectivity index (χ2n) is 9.24. The van der Waals surface area contributed by atoms with Gasteiger partial charge in [-0.05, 0) is 62.6 Å². The molecule has 2 atom stereocenters. The van der Waals surface area contributed by atoms with Crippen LogP contribution < -0.4 is 9.62 Å². The Hall–Kier alpha value is -3.07. The van der Waals surface area contributed by atoms with E-state index >= 15 is 0 Å². The van der Waals surface area contributed by atoms with Crippen LogP contribution in [0.25, 0.3) is 0 Å². The summed E-state index contributed by atoms with van der Waals surface area (Å²) >= 11 is 12.5. The monoisotopic (exact) mass is 589 g/mol. The molecule has 39 heavy (non-hydrogen) atoms. The molecule has 0 spiro atoms. The Balaban J connectivity index is 1.99. The van der Waals surface area contributed by atoms with E-state index in [1.807, 2.05) is 44.2 Å². The number of nitrogens with zero attached hydrogens (tertiary/aromatic N) is 2. The summed E-state index contributed by atoms with van der Waals surface area (Å²) in [5.41, 5.74) is 1.09. The molecule has 7 nitrogen and oxygen atoms in total. The van der Waals surface area contributed by atoms with E-state index < -0.39 is 28.5 Å². The summed E-state index contributed by atoms with van der Waals surface area (Å²) < 4.78 is 28.5. The predicted octanol–water partition coefficient (Wildman–Crippen LogP) is 5.56. The number of sulfonamides is 1. The summed E-state index contributed by atoms with van der Waals surface area (Å²) in [7, 11) is -4.20. The summed E-state index contributed by atoms with van der Waals surface area (Å²) in [5.74, 6) is -0.851. The number of carbonyl (C=O) groups excluding carboxylic acids is 2. The number of carbonyl (C=O) groups is 2. The second-order valence-corrected chi connectivity index (χ2v) is 11.9. The van der Waals surface area contributed by atoms with Crippen molar-refractivity contribution in [2.45, 2.75) is 50.6 Å². The number of benzene rings is 3. The lowest BCUT2D eigenvalue weighted by atomic mass is 10.1. The smallest absolute Gasteiger partial charge is 0.264 e. The van der Waals surface area contributed by atoms with Crippen molar-refractivity contribution in [2.24, 2.45) is 0 Å². The van der Waals surface area contributed by atoms with Crippen molar-refractivity contribution >= 4 is 50.7 Å². The molecule has 0 saturated carbocycles. The van der Waals surface area contributed by atoms with E-state index in [0.29, 0.717) is 11.4 Å². The van der Waals surface area contributed by atoms with Crippen LogP contribution >= 0.6 is 23.2 Å². The number of nitrogens with one attached hydrogen (secondary N) is 1. The Labute approximate surface area is 240 Å². The zero-order valence-corrected chi connectivity index (χ0v) is 24.5. The molecule has 10 heteroatoms. The molecule has 0 aliphatic rings. The largest absolute Gasteiger partial charge is 0.352 e. The molecule has 2 amide bonds. The minimum absolute atomic E-state index is 0.00205. The molecular formula is C29H33Cl2N3O4S. The molecule has 0 heterocycles. The third kappa shape index (κ3) is 7.97. The Kier molecular flexibility index (Phi) is 10.8. The number of rotatable bonds is 12. The Bertz CT molecular complexity index is 1370. The summed E-state index contributed by atoms with van der Waals surface area (Å²) in [5, 5.41) is 3.32. The molecular weight excluding hydrogens is 557 g/mol. The SMILES string of the molecule is CC[C@H](C)NC(=O)[C@@H](C)N(CCc1ccccc1)C(=O)CN(c1ccc(Cl)cc1Cl)S(=O)(=O)c1ccccc1. The lowest BCUT2D eigenvalue weighted by Gasteiger charge is -2.32. The van der Waals surface area contributed by atoms with E-state index in [9.17, 15) is 18.0 Å². The van der Waals surface area contributed by atoms with Gasteiger partial charge in [-0.25, -0.2) is 8.42 Å². The fraction of sp³-hybridized carbons (Fsp3) is 0.310. The van der Waals surface area contributed by atoms with Gasteiger partial charge in [0.1, 0.15) is 12.6 Å². The summed E-state index contributed by atoms with van der Waals surface area (Å²) in [6, 6.07) is 20.9. The van der Waals surface area contributed by atoms with Crippen LogP contribution in [0.15, 0.2) is 83.8 Å². The van der Waals surface area contributed by atoms with Crippen LogP contribution in [0.5, 0.6) is 0 Å². The first-order valence-corrected chi connectivity index (χ1v) is 14.9. The van der Waals surface area contributed by atoms with E-state index in [2.05, 4.69) is 5.32 Å². The molecule has 0 radical (unpaired) electrons. The maximum Gasteiger partial charge on any atom is 0.264 e. The van der Waals surface area contributed by atoms with Crippen LogP contribution in [-0.2, 0) is 26.0 Å². The molecule has 0 aliphatic heterocycles. The van der Waals surface area contributed by atoms with Gasteiger partial charge in [-0.2, -0.15) is 0 Å². The molecule has 208 valence electrons. The molecule has 0 saturated heterocycles. The molecule has 0 aliphatic carbocycles. The topological polar surface area (TPSA) is 86.8 Å². The summed E-state index contributed by atoms with van der Waals surface area (Å²) in [6.45, 7) is 5.14. The first-order valence-electron chi connectivity index (χ1n) is 12.7. The van der Waals surface area contributed by atoms with Crippen molar-refractivity contribution in [1.82, 2.24) is 10.2 Å². The lowest BCUT2D eigenvalue weighted by Crippen LogP contribution is -2.53. The van der Waals surface area contributed by atoms with Crippen LogP contribution in [0, 0.1) is 0 Å². The van der Waals surface area contributed by atoms with Gasteiger partial charge in [-0.15, -0.1) is 0 Å². The van der Waals surface area contributed by atoms with Gasteiger partial charge < -0.3 is 10.2 Å². The third-order valence-corrected chi connectivity index (χ3v) is 8.75. The van der Waals surface area contributed by atoms with Crippen LogP contribution in [0.2, 0.25) is 10.0 Å². The molecule has 3 aromatic rings. The van der Waals surface area contributed by atoms with Crippen LogP contribution in [0.4, 0.5) is 5.69 Å². The molecule has 0 aromatic heterocycles. The normalized spacial score (nSPS) is 12.8. The fourth-order valence-electron chi connectivity index (χ4n) is 3.95. The van der Waals surface area contributed by atoms with Gasteiger partial charge in [0.05, 0.1) is 15.6 Å². The molecule has 1 N–H and O–H groups in total. The van der Waals surface area contributed by atoms with Crippen molar-refractivity contribution in [1.29, 1.82) is 0 Å². The van der Waals surface area contributed by atoms with E-state index in [0.717, 1.165) is 16.3 Å². The molecule has 0 fully saturated rings. The average Bonchev–Trinajstić information content (AvgIpc) is 2.93. The van der Waals surface area contributed by atoms with E-state index in [4.69, 9.17) is 23.2 Å². The third-order valence-electron chi connectivity index (χ3n) is 6.44. The minimum atomic E-state index is -4.20. The number of hydrogen-bond acceptors (Lipinski definition) is 4. The van der Waals surface area contributed by atoms with Crippen molar-refractivity contribution < 1.29 is 18.0 Å². The van der Waals surface area contributed by atoms with Crippen molar-refractivity contribution in [3.63, 3.8) is 0 Å². The highest BCUT2D eigenvalue weighted by Crippen LogP contribution is 2.33. The standard InChI is InChI=1S/C29H33Cl2N3O4S/c1-4-21(2)32-29(36)22(3)33(18-17-23-11-7-5-8-12-23)28(35)20-34(27-16-15-24(30)19-26(27)31)39(37,38)25-13-9-6-10-14-25/h5-16,19,21-22H,4,17-18,20H2,1-3H3,(H,32,36)/t21-,22+/m0/s1. The number of hydrogen-bond donors (Lipinski definition) is 1. The van der Waals surface area contributed by atoms with Gasteiger partial charge in [-0.1, -0.05) is 78.7 Å². The molecule has 0 unspecified atom stereocenters. The maximum atomic E-state index is 13.9. The second kappa shape index (κ2) is 13.8. The van der Waals surface area contributed by atoms with E-state index in [1.54, 1.807) is 25.1 Å². The quantitative estimate of drug-likeness (QED) is 0.299. The number of anilines is 1. The van der Waals surface area contributed by atoms with Crippen molar-refractivity contribution in [3.05, 3.63) is 94.5 Å². The maximum absolute atomic E-state index is 13.9. The van der Waals surface area contributed by atoms with Gasteiger partial charge in [0.25, 0.3) is 10.0 Å². The highest BCUT2D eigenvalue weighted by atomic mass is 35.5. The highest BCUT2D eigenvalue weighted by molar-refractivity contribution is 7.92. The van der Waals surface area contributed by atoms with Crippen molar-refractivity contribution in [2.75, 3.05) is 17.4 Å². The Morgan fingerprint density at radius 1 is 0.923 bits per heavy atom. The first-order chi connectivity index (χ1) is 18.5. The first kappa shape index (κ1) is 30.5. The van der Waals surface area contributed by atoms with Gasteiger partial charge in [0.15, 0.2) is 0 Å². The predicted molar refractivity (Wildman–Crippen MR) is 157 cm³/mol. The lowest BCUT2D eigenvalue weighted by molar-refractivity contribution is -0.139. The van der Waals surface area contributed by atoms with Crippen LogP contribution in [0.3, 0.4) is 0 Å². The van der Waals surface area contributed by atoms with Gasteiger partial charge in [-0.3, -0.25) is 13.9 Å². The Morgan fingerprint density at radius 3 is 2.13 bits per heavy atom. The van der Waals surface area contributed by atoms with Crippen LogP contribution in [0.1, 0.15) is 32.8 Å². The minimum Gasteiger partial charge on any atom is -0.352 e. The Morgan fingerprint density at radius 2 is 1.54 bits per heavy atom. The highest BCUT2D eigenvalue weighted by Gasteiger charge is 2.33. The number of halogens is 2. The fourth-order valence-corrected chi connectivity index (χ4v) is 5.97. The summed E-state index contributed by atoms with van der Waals surface area (Å²) in [4.78, 5) is 28.4. The van der Waals surface area contributed by atoms with Gasteiger partial charge >= 0.3 is 0 Å². The molecule has 3 rings (SSSR count). The number of amides is 2.